The maximum Gasteiger partial charge on any atom is 0.275 e. The van der Waals surface area contributed by atoms with Crippen LogP contribution in [0.2, 0.25) is 0 Å². The van der Waals surface area contributed by atoms with E-state index in [1.807, 2.05) is 5.38 Å². The van der Waals surface area contributed by atoms with Gasteiger partial charge in [0.2, 0.25) is 0 Å². The van der Waals surface area contributed by atoms with Gasteiger partial charge in [-0.1, -0.05) is 19.8 Å². The lowest BCUT2D eigenvalue weighted by Crippen LogP contribution is -2.29. The fourth-order valence-electron chi connectivity index (χ4n) is 3.07. The Morgan fingerprint density at radius 1 is 1.37 bits per heavy atom. The highest BCUT2D eigenvalue weighted by Crippen LogP contribution is 2.32. The molecule has 1 aromatic rings. The zero-order valence-corrected chi connectivity index (χ0v) is 12.2. The van der Waals surface area contributed by atoms with Crippen molar-refractivity contribution < 1.29 is 9.63 Å². The minimum Gasteiger partial charge on any atom is -0.270 e. The number of nitrogens with one attached hydrogen (secondary N) is 1. The van der Waals surface area contributed by atoms with Crippen LogP contribution in [0, 0.1) is 5.92 Å². The lowest BCUT2D eigenvalue weighted by Gasteiger charge is -2.19. The molecule has 1 atom stereocenters. The van der Waals surface area contributed by atoms with Crippen LogP contribution in [0.3, 0.4) is 0 Å². The van der Waals surface area contributed by atoms with Gasteiger partial charge < -0.3 is 0 Å². The van der Waals surface area contributed by atoms with Crippen molar-refractivity contribution in [1.82, 2.24) is 5.48 Å². The van der Waals surface area contributed by atoms with Crippen LogP contribution in [0.25, 0.3) is 0 Å². The molecule has 0 saturated heterocycles. The number of fused-ring (bicyclic) bond motifs is 1. The van der Waals surface area contributed by atoms with Gasteiger partial charge in [-0.05, 0) is 43.6 Å². The zero-order valence-electron chi connectivity index (χ0n) is 11.4. The summed E-state index contributed by atoms with van der Waals surface area (Å²) in [6, 6.07) is 0. The second-order valence-electron chi connectivity index (χ2n) is 5.85. The highest BCUT2D eigenvalue weighted by Gasteiger charge is 2.24. The molecule has 4 heteroatoms. The van der Waals surface area contributed by atoms with Crippen molar-refractivity contribution in [2.75, 3.05) is 0 Å². The van der Waals surface area contributed by atoms with Crippen LogP contribution < -0.4 is 5.48 Å². The number of carbonyl (C=O) groups excluding carboxylic acids is 1. The zero-order chi connectivity index (χ0) is 13.2. The first kappa shape index (κ1) is 13.1. The van der Waals surface area contributed by atoms with Gasteiger partial charge in [0.25, 0.3) is 5.91 Å². The second-order valence-corrected chi connectivity index (χ2v) is 6.82. The van der Waals surface area contributed by atoms with Gasteiger partial charge in [0.1, 0.15) is 0 Å². The van der Waals surface area contributed by atoms with E-state index in [1.54, 1.807) is 11.3 Å². The fourth-order valence-corrected chi connectivity index (χ4v) is 4.31. The summed E-state index contributed by atoms with van der Waals surface area (Å²) in [7, 11) is 0. The number of hydrogen-bond donors (Lipinski definition) is 1. The Hall–Kier alpha value is -0.870. The van der Waals surface area contributed by atoms with Crippen molar-refractivity contribution in [3.05, 3.63) is 21.4 Å². The Morgan fingerprint density at radius 2 is 2.16 bits per heavy atom. The third-order valence-corrected chi connectivity index (χ3v) is 5.32. The van der Waals surface area contributed by atoms with Crippen LogP contribution in [-0.4, -0.2) is 12.0 Å². The van der Waals surface area contributed by atoms with Gasteiger partial charge in [-0.15, -0.1) is 11.3 Å². The summed E-state index contributed by atoms with van der Waals surface area (Å²) in [5.74, 6) is 0.691. The lowest BCUT2D eigenvalue weighted by atomic mass is 9.88. The van der Waals surface area contributed by atoms with Crippen molar-refractivity contribution in [2.45, 2.75) is 58.0 Å². The summed E-state index contributed by atoms with van der Waals surface area (Å²) in [4.78, 5) is 19.1. The number of amides is 1. The van der Waals surface area contributed by atoms with Crippen molar-refractivity contribution >= 4 is 17.2 Å². The molecular formula is C15H21NO2S. The minimum absolute atomic E-state index is 0.0565. The predicted molar refractivity (Wildman–Crippen MR) is 76.3 cm³/mol. The molecule has 1 unspecified atom stereocenters. The summed E-state index contributed by atoms with van der Waals surface area (Å²) in [5.41, 5.74) is 4.75. The molecule has 1 fully saturated rings. The molecule has 0 radical (unpaired) electrons. The third kappa shape index (κ3) is 2.84. The second kappa shape index (κ2) is 5.63. The van der Waals surface area contributed by atoms with E-state index in [9.17, 15) is 4.79 Å². The number of hydroxylamine groups is 1. The Balaban J connectivity index is 1.63. The average Bonchev–Trinajstić information content (AvgIpc) is 3.04. The van der Waals surface area contributed by atoms with E-state index in [-0.39, 0.29) is 12.0 Å². The first-order valence-corrected chi connectivity index (χ1v) is 8.17. The molecule has 1 N–H and O–H groups in total. The van der Waals surface area contributed by atoms with E-state index in [2.05, 4.69) is 12.4 Å². The SMILES string of the molecule is CC1CCc2c(C(=O)NOC3CCCC3)csc2C1. The summed E-state index contributed by atoms with van der Waals surface area (Å²) < 4.78 is 0. The first-order chi connectivity index (χ1) is 9.24. The van der Waals surface area contributed by atoms with E-state index >= 15 is 0 Å². The summed E-state index contributed by atoms with van der Waals surface area (Å²) >= 11 is 1.73. The topological polar surface area (TPSA) is 38.3 Å². The largest absolute Gasteiger partial charge is 0.275 e. The number of hydrogen-bond acceptors (Lipinski definition) is 3. The third-order valence-electron chi connectivity index (χ3n) is 4.27. The minimum atomic E-state index is -0.0565. The number of carbonyl (C=O) groups is 1. The van der Waals surface area contributed by atoms with Gasteiger partial charge in [-0.2, -0.15) is 0 Å². The summed E-state index contributed by atoms with van der Waals surface area (Å²) in [5, 5.41) is 2.00. The summed E-state index contributed by atoms with van der Waals surface area (Å²) in [6.07, 6.45) is 8.13. The molecule has 1 aromatic heterocycles. The lowest BCUT2D eigenvalue weighted by molar-refractivity contribution is -0.0125. The van der Waals surface area contributed by atoms with Crippen LogP contribution in [0.5, 0.6) is 0 Å². The molecule has 0 bridgehead atoms. The Labute approximate surface area is 118 Å². The number of thiophene rings is 1. The van der Waals surface area contributed by atoms with Gasteiger partial charge in [0.15, 0.2) is 0 Å². The molecule has 3 nitrogen and oxygen atoms in total. The van der Waals surface area contributed by atoms with Crippen LogP contribution >= 0.6 is 11.3 Å². The van der Waals surface area contributed by atoms with Crippen LogP contribution in [0.15, 0.2) is 5.38 Å². The van der Waals surface area contributed by atoms with Crippen molar-refractivity contribution in [1.29, 1.82) is 0 Å². The molecule has 1 saturated carbocycles. The fraction of sp³-hybridized carbons (Fsp3) is 0.667. The quantitative estimate of drug-likeness (QED) is 0.860. The maximum atomic E-state index is 12.2. The normalized spacial score (nSPS) is 23.3. The molecule has 0 aliphatic heterocycles. The molecule has 1 amide bonds. The Kier molecular flexibility index (Phi) is 3.89. The molecule has 3 rings (SSSR count). The number of rotatable bonds is 3. The first-order valence-electron chi connectivity index (χ1n) is 7.29. The van der Waals surface area contributed by atoms with Gasteiger partial charge in [-0.25, -0.2) is 5.48 Å². The van der Waals surface area contributed by atoms with E-state index in [0.717, 1.165) is 37.2 Å². The molecule has 104 valence electrons. The van der Waals surface area contributed by atoms with Crippen LogP contribution in [0.4, 0.5) is 0 Å². The van der Waals surface area contributed by atoms with E-state index in [4.69, 9.17) is 4.84 Å². The van der Waals surface area contributed by atoms with E-state index < -0.39 is 0 Å². The van der Waals surface area contributed by atoms with Gasteiger partial charge in [0, 0.05) is 10.3 Å². The van der Waals surface area contributed by atoms with E-state index in [0.29, 0.717) is 0 Å². The monoisotopic (exact) mass is 279 g/mol. The van der Waals surface area contributed by atoms with Gasteiger partial charge in [-0.3, -0.25) is 9.63 Å². The standard InChI is InChI=1S/C15H21NO2S/c1-10-6-7-12-13(9-19-14(12)8-10)15(17)16-18-11-4-2-3-5-11/h9-11H,2-8H2,1H3,(H,16,17). The van der Waals surface area contributed by atoms with Crippen molar-refractivity contribution in [2.24, 2.45) is 5.92 Å². The maximum absolute atomic E-state index is 12.2. The molecule has 19 heavy (non-hydrogen) atoms. The molecule has 1 heterocycles. The van der Waals surface area contributed by atoms with Crippen molar-refractivity contribution in [3.8, 4) is 0 Å². The van der Waals surface area contributed by atoms with Gasteiger partial charge in [0.05, 0.1) is 11.7 Å². The predicted octanol–water partition coefficient (Wildman–Crippen LogP) is 3.48. The smallest absolute Gasteiger partial charge is 0.270 e. The Morgan fingerprint density at radius 3 is 2.95 bits per heavy atom. The van der Waals surface area contributed by atoms with E-state index in [1.165, 1.54) is 29.7 Å². The molecule has 0 spiro atoms. The van der Waals surface area contributed by atoms with Crippen LogP contribution in [-0.2, 0) is 17.7 Å². The van der Waals surface area contributed by atoms with Gasteiger partial charge >= 0.3 is 0 Å². The van der Waals surface area contributed by atoms with Crippen LogP contribution in [0.1, 0.15) is 59.8 Å². The molecule has 2 aliphatic rings. The highest BCUT2D eigenvalue weighted by atomic mass is 32.1. The highest BCUT2D eigenvalue weighted by molar-refractivity contribution is 7.10. The average molecular weight is 279 g/mol. The molecular weight excluding hydrogens is 258 g/mol. The van der Waals surface area contributed by atoms with Crippen molar-refractivity contribution in [3.63, 3.8) is 0 Å². The molecule has 2 aliphatic carbocycles. The Bertz CT molecular complexity index is 463. The summed E-state index contributed by atoms with van der Waals surface area (Å²) in [6.45, 7) is 2.28. The molecule has 0 aromatic carbocycles.